The van der Waals surface area contributed by atoms with E-state index in [4.69, 9.17) is 9.47 Å². The number of hydrogen-bond donors (Lipinski definition) is 1. The van der Waals surface area contributed by atoms with Crippen molar-refractivity contribution in [1.82, 2.24) is 9.97 Å². The number of H-pyrrole nitrogens is 1. The van der Waals surface area contributed by atoms with Crippen LogP contribution in [0.25, 0.3) is 0 Å². The summed E-state index contributed by atoms with van der Waals surface area (Å²) in [6.45, 7) is 5.42. The first-order chi connectivity index (χ1) is 8.11. The predicted molar refractivity (Wildman–Crippen MR) is 63.6 cm³/mol. The molecule has 1 saturated heterocycles. The molecule has 6 heteroatoms. The maximum Gasteiger partial charge on any atom is 0.295 e. The number of aromatic nitrogens is 2. The molecule has 0 aliphatic carbocycles. The number of ether oxygens (including phenoxy) is 2. The van der Waals surface area contributed by atoms with Crippen LogP contribution in [0.15, 0.2) is 11.1 Å². The Morgan fingerprint density at radius 2 is 2.12 bits per heavy atom. The Morgan fingerprint density at radius 3 is 2.71 bits per heavy atom. The maximum atomic E-state index is 11.6. The van der Waals surface area contributed by atoms with Crippen molar-refractivity contribution in [2.45, 2.75) is 26.1 Å². The molecule has 1 aliphatic rings. The van der Waals surface area contributed by atoms with Crippen molar-refractivity contribution in [1.29, 1.82) is 0 Å². The highest BCUT2D eigenvalue weighted by Gasteiger charge is 2.26. The molecule has 1 aromatic rings. The van der Waals surface area contributed by atoms with E-state index in [-0.39, 0.29) is 23.5 Å². The van der Waals surface area contributed by atoms with E-state index < -0.39 is 0 Å². The van der Waals surface area contributed by atoms with Gasteiger partial charge < -0.3 is 19.4 Å². The summed E-state index contributed by atoms with van der Waals surface area (Å²) >= 11 is 0. The fourth-order valence-electron chi connectivity index (χ4n) is 2.14. The lowest BCUT2D eigenvalue weighted by atomic mass is 10.2. The van der Waals surface area contributed by atoms with Crippen LogP contribution in [0.4, 0.5) is 5.82 Å². The normalized spacial score (nSPS) is 24.8. The van der Waals surface area contributed by atoms with Crippen molar-refractivity contribution in [2.24, 2.45) is 0 Å². The Labute approximate surface area is 99.6 Å². The van der Waals surface area contributed by atoms with E-state index in [0.29, 0.717) is 18.9 Å². The summed E-state index contributed by atoms with van der Waals surface area (Å²) < 4.78 is 10.8. The summed E-state index contributed by atoms with van der Waals surface area (Å²) in [6, 6.07) is 0. The topological polar surface area (TPSA) is 67.5 Å². The van der Waals surface area contributed by atoms with Crippen molar-refractivity contribution in [3.8, 4) is 5.75 Å². The molecule has 1 aliphatic heterocycles. The number of morpholine rings is 1. The number of anilines is 1. The first-order valence-electron chi connectivity index (χ1n) is 5.64. The van der Waals surface area contributed by atoms with Gasteiger partial charge in [0.2, 0.25) is 5.75 Å². The molecule has 1 aromatic heterocycles. The first kappa shape index (κ1) is 11.9. The number of nitrogens with zero attached hydrogens (tertiary/aromatic N) is 2. The highest BCUT2D eigenvalue weighted by atomic mass is 16.5. The average Bonchev–Trinajstić information content (AvgIpc) is 2.27. The van der Waals surface area contributed by atoms with Gasteiger partial charge in [-0.2, -0.15) is 0 Å². The lowest BCUT2D eigenvalue weighted by molar-refractivity contribution is -0.00559. The van der Waals surface area contributed by atoms with Gasteiger partial charge in [-0.25, -0.2) is 4.98 Å². The smallest absolute Gasteiger partial charge is 0.295 e. The zero-order valence-electron chi connectivity index (χ0n) is 10.3. The third-order valence-electron chi connectivity index (χ3n) is 2.72. The van der Waals surface area contributed by atoms with E-state index in [9.17, 15) is 4.79 Å². The molecule has 2 heterocycles. The SMILES string of the molecule is COc1c(N2CC(C)OC(C)C2)nc[nH]c1=O. The van der Waals surface area contributed by atoms with E-state index in [1.165, 1.54) is 13.4 Å². The van der Waals surface area contributed by atoms with Gasteiger partial charge in [-0.1, -0.05) is 0 Å². The van der Waals surface area contributed by atoms with Gasteiger partial charge in [0.1, 0.15) is 0 Å². The van der Waals surface area contributed by atoms with Crippen molar-refractivity contribution in [3.63, 3.8) is 0 Å². The highest BCUT2D eigenvalue weighted by molar-refractivity contribution is 5.51. The van der Waals surface area contributed by atoms with Gasteiger partial charge in [0.05, 0.1) is 25.6 Å². The first-order valence-corrected chi connectivity index (χ1v) is 5.64. The van der Waals surface area contributed by atoms with Crippen molar-refractivity contribution in [2.75, 3.05) is 25.1 Å². The van der Waals surface area contributed by atoms with Crippen LogP contribution >= 0.6 is 0 Å². The molecule has 94 valence electrons. The molecular weight excluding hydrogens is 222 g/mol. The largest absolute Gasteiger partial charge is 0.489 e. The lowest BCUT2D eigenvalue weighted by Gasteiger charge is -2.36. The third kappa shape index (κ3) is 2.41. The van der Waals surface area contributed by atoms with Crippen LogP contribution in [-0.4, -0.2) is 42.4 Å². The molecule has 6 nitrogen and oxygen atoms in total. The van der Waals surface area contributed by atoms with Gasteiger partial charge in [-0.15, -0.1) is 0 Å². The fourth-order valence-corrected chi connectivity index (χ4v) is 2.14. The van der Waals surface area contributed by atoms with Crippen LogP contribution in [0.1, 0.15) is 13.8 Å². The van der Waals surface area contributed by atoms with Crippen LogP contribution in [0.3, 0.4) is 0 Å². The number of hydrogen-bond acceptors (Lipinski definition) is 5. The van der Waals surface area contributed by atoms with E-state index >= 15 is 0 Å². The Kier molecular flexibility index (Phi) is 3.33. The minimum Gasteiger partial charge on any atom is -0.489 e. The van der Waals surface area contributed by atoms with E-state index in [0.717, 1.165) is 0 Å². The second-order valence-corrected chi connectivity index (χ2v) is 4.25. The van der Waals surface area contributed by atoms with Crippen molar-refractivity contribution >= 4 is 5.82 Å². The summed E-state index contributed by atoms with van der Waals surface area (Å²) in [7, 11) is 1.48. The lowest BCUT2D eigenvalue weighted by Crippen LogP contribution is -2.46. The standard InChI is InChI=1S/C11H17N3O3/c1-7-4-14(5-8(2)17-7)10-9(16-3)11(15)13-6-12-10/h6-8H,4-5H2,1-3H3,(H,12,13,15). The molecule has 0 bridgehead atoms. The van der Waals surface area contributed by atoms with Gasteiger partial charge in [0.25, 0.3) is 5.56 Å². The van der Waals surface area contributed by atoms with Gasteiger partial charge in [0, 0.05) is 13.1 Å². The third-order valence-corrected chi connectivity index (χ3v) is 2.72. The Balaban J connectivity index is 2.33. The quantitative estimate of drug-likeness (QED) is 0.808. The minimum atomic E-state index is -0.260. The van der Waals surface area contributed by atoms with Crippen molar-refractivity contribution < 1.29 is 9.47 Å². The zero-order chi connectivity index (χ0) is 12.4. The molecule has 0 aromatic carbocycles. The molecule has 2 rings (SSSR count). The Bertz CT molecular complexity index is 436. The predicted octanol–water partition coefficient (Wildman–Crippen LogP) is 0.392. The molecule has 17 heavy (non-hydrogen) atoms. The van der Waals surface area contributed by atoms with Gasteiger partial charge in [-0.05, 0) is 13.8 Å². The summed E-state index contributed by atoms with van der Waals surface area (Å²) in [5.74, 6) is 0.840. The monoisotopic (exact) mass is 239 g/mol. The summed E-state index contributed by atoms with van der Waals surface area (Å²) in [4.78, 5) is 20.3. The Morgan fingerprint density at radius 1 is 1.47 bits per heavy atom. The van der Waals surface area contributed by atoms with Crippen LogP contribution in [0.5, 0.6) is 5.75 Å². The molecule has 2 unspecified atom stereocenters. The van der Waals surface area contributed by atoms with Gasteiger partial charge in [-0.3, -0.25) is 4.79 Å². The van der Waals surface area contributed by atoms with Crippen LogP contribution in [0.2, 0.25) is 0 Å². The number of rotatable bonds is 2. The fraction of sp³-hybridized carbons (Fsp3) is 0.636. The summed E-state index contributed by atoms with van der Waals surface area (Å²) in [6.07, 6.45) is 1.62. The van der Waals surface area contributed by atoms with E-state index in [2.05, 4.69) is 9.97 Å². The van der Waals surface area contributed by atoms with E-state index in [1.807, 2.05) is 18.7 Å². The average molecular weight is 239 g/mol. The summed E-state index contributed by atoms with van der Waals surface area (Å²) in [5.41, 5.74) is -0.260. The number of nitrogens with one attached hydrogen (secondary N) is 1. The molecule has 1 N–H and O–H groups in total. The molecular formula is C11H17N3O3. The molecule has 0 amide bonds. The number of methoxy groups -OCH3 is 1. The molecule has 1 fully saturated rings. The van der Waals surface area contributed by atoms with Crippen LogP contribution in [-0.2, 0) is 4.74 Å². The number of aromatic amines is 1. The molecule has 0 spiro atoms. The minimum absolute atomic E-state index is 0.115. The van der Waals surface area contributed by atoms with Gasteiger partial charge in [0.15, 0.2) is 5.82 Å². The van der Waals surface area contributed by atoms with Crippen LogP contribution < -0.4 is 15.2 Å². The zero-order valence-corrected chi connectivity index (χ0v) is 10.3. The second kappa shape index (κ2) is 4.75. The van der Waals surface area contributed by atoms with Gasteiger partial charge >= 0.3 is 0 Å². The maximum absolute atomic E-state index is 11.6. The Hall–Kier alpha value is -1.56. The molecule has 2 atom stereocenters. The highest BCUT2D eigenvalue weighted by Crippen LogP contribution is 2.24. The van der Waals surface area contributed by atoms with E-state index in [1.54, 1.807) is 0 Å². The summed E-state index contributed by atoms with van der Waals surface area (Å²) in [5, 5.41) is 0. The molecule has 0 saturated carbocycles. The second-order valence-electron chi connectivity index (χ2n) is 4.25. The van der Waals surface area contributed by atoms with Crippen molar-refractivity contribution in [3.05, 3.63) is 16.7 Å². The van der Waals surface area contributed by atoms with Crippen LogP contribution in [0, 0.1) is 0 Å². The molecule has 0 radical (unpaired) electrons.